The van der Waals surface area contributed by atoms with Gasteiger partial charge in [-0.15, -0.1) is 0 Å². The molecule has 3 heterocycles. The molecule has 88 heavy (non-hydrogen) atoms. The molecule has 0 N–H and O–H groups in total. The average molecular weight is 1130 g/mol. The normalized spacial score (nSPS) is 11.6. The van der Waals surface area contributed by atoms with E-state index in [1.54, 1.807) is 0 Å². The summed E-state index contributed by atoms with van der Waals surface area (Å²) in [7, 11) is 0. The number of hydrogen-bond acceptors (Lipinski definition) is 2. The Labute approximate surface area is 515 Å². The van der Waals surface area contributed by atoms with Crippen molar-refractivity contribution in [1.29, 1.82) is 0 Å². The zero-order valence-corrected chi connectivity index (χ0v) is 51.0. The molecule has 12 aromatic carbocycles. The van der Waals surface area contributed by atoms with Gasteiger partial charge in [-0.3, -0.25) is 0 Å². The number of aromatic nitrogens is 4. The molecule has 0 aliphatic rings. The highest BCUT2D eigenvalue weighted by Gasteiger charge is 2.26. The van der Waals surface area contributed by atoms with Gasteiger partial charge >= 0.3 is 0 Å². The number of aryl methyl sites for hydroxylation is 8. The predicted molar refractivity (Wildman–Crippen MR) is 372 cm³/mol. The summed E-state index contributed by atoms with van der Waals surface area (Å²) in [5.41, 5.74) is 33.1. The van der Waals surface area contributed by atoms with Crippen LogP contribution in [0.25, 0.3) is 145 Å². The molecule has 0 amide bonds. The quantitative estimate of drug-likeness (QED) is 0.137. The third kappa shape index (κ3) is 9.41. The summed E-state index contributed by atoms with van der Waals surface area (Å²) < 4.78 is 5.04. The van der Waals surface area contributed by atoms with Crippen molar-refractivity contribution in [3.05, 3.63) is 299 Å². The van der Waals surface area contributed by atoms with Gasteiger partial charge in [-0.1, -0.05) is 210 Å². The van der Waals surface area contributed by atoms with Crippen molar-refractivity contribution in [3.63, 3.8) is 0 Å². The Morgan fingerprint density at radius 2 is 0.591 bits per heavy atom. The highest BCUT2D eigenvalue weighted by atomic mass is 15.0. The van der Waals surface area contributed by atoms with Gasteiger partial charge in [-0.25, -0.2) is 9.97 Å². The Morgan fingerprint density at radius 1 is 0.239 bits per heavy atom. The summed E-state index contributed by atoms with van der Waals surface area (Å²) in [6.45, 7) is 17.6. The van der Waals surface area contributed by atoms with Crippen LogP contribution >= 0.6 is 0 Å². The van der Waals surface area contributed by atoms with Crippen LogP contribution in [0.15, 0.2) is 255 Å². The van der Waals surface area contributed by atoms with Gasteiger partial charge in [-0.2, -0.15) is 0 Å². The van der Waals surface area contributed by atoms with E-state index in [4.69, 9.17) is 9.97 Å². The lowest BCUT2D eigenvalue weighted by Gasteiger charge is -2.22. The van der Waals surface area contributed by atoms with Gasteiger partial charge in [0.2, 0.25) is 0 Å². The van der Waals surface area contributed by atoms with Crippen LogP contribution in [0.1, 0.15) is 44.5 Å². The molecule has 4 nitrogen and oxygen atoms in total. The van der Waals surface area contributed by atoms with Crippen LogP contribution in [0.5, 0.6) is 0 Å². The second-order valence-electron chi connectivity index (χ2n) is 24.3. The molecule has 0 radical (unpaired) electrons. The Morgan fingerprint density at radius 3 is 1.01 bits per heavy atom. The van der Waals surface area contributed by atoms with Crippen LogP contribution in [0.4, 0.5) is 0 Å². The molecule has 422 valence electrons. The van der Waals surface area contributed by atoms with Crippen molar-refractivity contribution < 1.29 is 0 Å². The van der Waals surface area contributed by atoms with E-state index in [2.05, 4.69) is 319 Å². The van der Waals surface area contributed by atoms with Crippen LogP contribution < -0.4 is 0 Å². The molecular formula is C84H66N4. The molecule has 0 spiro atoms. The number of hydrogen-bond donors (Lipinski definition) is 0. The smallest absolute Gasteiger partial charge is 0.160 e. The van der Waals surface area contributed by atoms with Crippen LogP contribution in [-0.4, -0.2) is 19.1 Å². The number of fused-ring (bicyclic) bond motifs is 6. The van der Waals surface area contributed by atoms with Crippen LogP contribution in [0, 0.1) is 55.4 Å². The minimum Gasteiger partial charge on any atom is -0.309 e. The minimum atomic E-state index is 0.665. The second-order valence-corrected chi connectivity index (χ2v) is 24.3. The van der Waals surface area contributed by atoms with Crippen LogP contribution in [0.2, 0.25) is 0 Å². The Balaban J connectivity index is 1.05. The molecule has 0 atom stereocenters. The first-order valence-corrected chi connectivity index (χ1v) is 30.6. The number of rotatable bonds is 10. The molecule has 0 unspecified atom stereocenters. The van der Waals surface area contributed by atoms with E-state index in [1.165, 1.54) is 111 Å². The minimum absolute atomic E-state index is 0.665. The maximum atomic E-state index is 5.62. The van der Waals surface area contributed by atoms with Gasteiger partial charge in [0, 0.05) is 49.4 Å². The Bertz CT molecular complexity index is 5010. The first kappa shape index (κ1) is 54.0. The zero-order chi connectivity index (χ0) is 59.9. The van der Waals surface area contributed by atoms with Gasteiger partial charge in [0.1, 0.15) is 0 Å². The highest BCUT2D eigenvalue weighted by molar-refractivity contribution is 6.15. The molecule has 0 saturated heterocycles. The zero-order valence-electron chi connectivity index (χ0n) is 51.0. The lowest BCUT2D eigenvalue weighted by atomic mass is 9.93. The summed E-state index contributed by atoms with van der Waals surface area (Å²) in [5, 5.41) is 4.76. The van der Waals surface area contributed by atoms with Gasteiger partial charge in [0.05, 0.1) is 44.8 Å². The number of para-hydroxylation sites is 1. The maximum Gasteiger partial charge on any atom is 0.160 e. The molecule has 0 saturated carbocycles. The van der Waals surface area contributed by atoms with E-state index in [0.29, 0.717) is 5.82 Å². The molecule has 0 fully saturated rings. The van der Waals surface area contributed by atoms with Crippen molar-refractivity contribution in [3.8, 4) is 101 Å². The fourth-order valence-electron chi connectivity index (χ4n) is 13.9. The van der Waals surface area contributed by atoms with Gasteiger partial charge in [0.25, 0.3) is 0 Å². The largest absolute Gasteiger partial charge is 0.309 e. The molecule has 3 aromatic heterocycles. The molecule has 0 aliphatic heterocycles. The van der Waals surface area contributed by atoms with Crippen molar-refractivity contribution in [2.45, 2.75) is 55.4 Å². The SMILES string of the molecule is Cc1ccc(-c2ccc3c(c2)c2cc(-c4ccc(C)cc4C)ccc2n3-c2ccccc2-c2c(-c3cc(-c4ccccc4)nc(-c4ccccc4)n3)cccc2-n2c3ccc(-c4ccc(C)cc4C)cc3c3cc(-c4ccc(C)cc4C)ccc32)c(C)c1. The van der Waals surface area contributed by atoms with Crippen LogP contribution in [0.3, 0.4) is 0 Å². The van der Waals surface area contributed by atoms with Crippen LogP contribution in [-0.2, 0) is 0 Å². The molecule has 0 aliphatic carbocycles. The fraction of sp³-hybridized carbons (Fsp3) is 0.0952. The van der Waals surface area contributed by atoms with E-state index in [1.807, 2.05) is 0 Å². The topological polar surface area (TPSA) is 35.6 Å². The molecule has 15 rings (SSSR count). The molecule has 4 heteroatoms. The first-order chi connectivity index (χ1) is 42.9. The van der Waals surface area contributed by atoms with E-state index in [9.17, 15) is 0 Å². The second kappa shape index (κ2) is 21.7. The third-order valence-corrected chi connectivity index (χ3v) is 18.1. The van der Waals surface area contributed by atoms with Crippen molar-refractivity contribution in [2.24, 2.45) is 0 Å². The summed E-state index contributed by atoms with van der Waals surface area (Å²) in [4.78, 5) is 10.9. The van der Waals surface area contributed by atoms with Crippen molar-refractivity contribution in [1.82, 2.24) is 19.1 Å². The lowest BCUT2D eigenvalue weighted by Crippen LogP contribution is -2.04. The lowest BCUT2D eigenvalue weighted by molar-refractivity contribution is 1.15. The van der Waals surface area contributed by atoms with E-state index in [0.717, 1.165) is 72.6 Å². The predicted octanol–water partition coefficient (Wildman–Crippen LogP) is 22.5. The van der Waals surface area contributed by atoms with Gasteiger partial charge < -0.3 is 9.13 Å². The Kier molecular flexibility index (Phi) is 13.3. The highest BCUT2D eigenvalue weighted by Crippen LogP contribution is 2.47. The monoisotopic (exact) mass is 1130 g/mol. The molecule has 0 bridgehead atoms. The summed E-state index contributed by atoms with van der Waals surface area (Å²) in [5.74, 6) is 0.665. The van der Waals surface area contributed by atoms with Crippen molar-refractivity contribution in [2.75, 3.05) is 0 Å². The maximum absolute atomic E-state index is 5.62. The number of benzene rings is 12. The first-order valence-electron chi connectivity index (χ1n) is 30.6. The van der Waals surface area contributed by atoms with Gasteiger partial charge in [0.15, 0.2) is 5.82 Å². The molecular weight excluding hydrogens is 1060 g/mol. The van der Waals surface area contributed by atoms with E-state index in [-0.39, 0.29) is 0 Å². The van der Waals surface area contributed by atoms with Gasteiger partial charge in [-0.05, 0) is 189 Å². The molecule has 15 aromatic rings. The van der Waals surface area contributed by atoms with Crippen molar-refractivity contribution >= 4 is 43.6 Å². The summed E-state index contributed by atoms with van der Waals surface area (Å²) in [6, 6.07) is 94.5. The summed E-state index contributed by atoms with van der Waals surface area (Å²) in [6.07, 6.45) is 0. The summed E-state index contributed by atoms with van der Waals surface area (Å²) >= 11 is 0. The third-order valence-electron chi connectivity index (χ3n) is 18.1. The number of nitrogens with zero attached hydrogens (tertiary/aromatic N) is 4. The standard InChI is InChI=1S/C84H66N4/c1-51-26-34-65(55(5)42-51)61-30-38-78-71(46-61)72-47-62(66-35-27-52(2)43-56(66)6)31-39-79(72)87(78)77-24-16-15-22-70(77)83-69(76-50-75(59-18-11-9-12-19-59)85-84(86-76)60-20-13-10-14-21-60)23-17-25-82(83)88-80-40-32-63(67-36-28-53(3)44-57(67)7)48-73(80)74-49-64(33-41-81(74)88)68-37-29-54(4)45-58(68)8/h9-50H,1-8H3. The fourth-order valence-corrected chi connectivity index (χ4v) is 13.9. The van der Waals surface area contributed by atoms with E-state index >= 15 is 0 Å². The average Bonchev–Trinajstić information content (AvgIpc) is 1.61. The van der Waals surface area contributed by atoms with E-state index < -0.39 is 0 Å². The Hall–Kier alpha value is -10.7.